The van der Waals surface area contributed by atoms with Crippen molar-refractivity contribution < 1.29 is 18.8 Å². The Kier molecular flexibility index (Phi) is 4.45. The second-order valence-corrected chi connectivity index (χ2v) is 6.39. The van der Waals surface area contributed by atoms with Gasteiger partial charge in [-0.1, -0.05) is 0 Å². The Balaban J connectivity index is 1.62. The number of anilines is 2. The molecule has 0 aliphatic carbocycles. The number of nitrogens with one attached hydrogen (secondary N) is 1. The van der Waals surface area contributed by atoms with E-state index >= 15 is 0 Å². The fourth-order valence-electron chi connectivity index (χ4n) is 3.22. The molecule has 0 saturated carbocycles. The second kappa shape index (κ2) is 7.06. The highest BCUT2D eigenvalue weighted by molar-refractivity contribution is 6.39. The SMILES string of the molecule is O=C1NC(=O)N(c2cccnc2)C(=O)/C1=C/c1ccc(N2CCCCC2)o1. The summed E-state index contributed by atoms with van der Waals surface area (Å²) in [7, 11) is 0. The summed E-state index contributed by atoms with van der Waals surface area (Å²) in [6.07, 6.45) is 7.71. The summed E-state index contributed by atoms with van der Waals surface area (Å²) >= 11 is 0. The van der Waals surface area contributed by atoms with E-state index in [2.05, 4.69) is 15.2 Å². The molecular formula is C19H18N4O4. The minimum Gasteiger partial charge on any atom is -0.441 e. The lowest BCUT2D eigenvalue weighted by Gasteiger charge is -2.26. The zero-order valence-electron chi connectivity index (χ0n) is 14.6. The topological polar surface area (TPSA) is 95.8 Å². The number of furan rings is 1. The van der Waals surface area contributed by atoms with E-state index in [4.69, 9.17) is 4.42 Å². The average molecular weight is 366 g/mol. The van der Waals surface area contributed by atoms with E-state index < -0.39 is 17.8 Å². The van der Waals surface area contributed by atoms with Gasteiger partial charge >= 0.3 is 6.03 Å². The Bertz CT molecular complexity index is 913. The Morgan fingerprint density at radius 1 is 1.07 bits per heavy atom. The van der Waals surface area contributed by atoms with Crippen LogP contribution < -0.4 is 15.1 Å². The van der Waals surface area contributed by atoms with E-state index in [9.17, 15) is 14.4 Å². The van der Waals surface area contributed by atoms with Crippen molar-refractivity contribution in [2.24, 2.45) is 0 Å². The summed E-state index contributed by atoms with van der Waals surface area (Å²) in [4.78, 5) is 44.0. The number of rotatable bonds is 3. The van der Waals surface area contributed by atoms with E-state index in [1.165, 1.54) is 24.9 Å². The molecule has 8 nitrogen and oxygen atoms in total. The molecule has 8 heteroatoms. The maximum absolute atomic E-state index is 12.8. The van der Waals surface area contributed by atoms with Crippen LogP contribution in [0.3, 0.4) is 0 Å². The molecule has 138 valence electrons. The van der Waals surface area contributed by atoms with E-state index in [1.54, 1.807) is 18.2 Å². The summed E-state index contributed by atoms with van der Waals surface area (Å²) in [5, 5.41) is 2.18. The molecule has 2 fully saturated rings. The molecule has 0 spiro atoms. The first kappa shape index (κ1) is 17.0. The third kappa shape index (κ3) is 3.33. The summed E-state index contributed by atoms with van der Waals surface area (Å²) in [6, 6.07) is 5.91. The second-order valence-electron chi connectivity index (χ2n) is 6.39. The third-order valence-electron chi connectivity index (χ3n) is 4.57. The first-order chi connectivity index (χ1) is 13.1. The first-order valence-corrected chi connectivity index (χ1v) is 8.80. The maximum atomic E-state index is 12.8. The summed E-state index contributed by atoms with van der Waals surface area (Å²) in [5.41, 5.74) is 0.116. The molecule has 0 bridgehead atoms. The van der Waals surface area contributed by atoms with Gasteiger partial charge in [0, 0.05) is 25.4 Å². The molecular weight excluding hydrogens is 348 g/mol. The number of amides is 4. The molecule has 2 aromatic rings. The molecule has 0 unspecified atom stereocenters. The van der Waals surface area contributed by atoms with Gasteiger partial charge in [0.05, 0.1) is 11.9 Å². The Labute approximate surface area is 155 Å². The predicted molar refractivity (Wildman–Crippen MR) is 98.0 cm³/mol. The molecule has 2 aromatic heterocycles. The number of pyridine rings is 1. The fraction of sp³-hybridized carbons (Fsp3) is 0.263. The van der Waals surface area contributed by atoms with Gasteiger partial charge in [0.2, 0.25) is 0 Å². The van der Waals surface area contributed by atoms with Gasteiger partial charge < -0.3 is 9.32 Å². The molecule has 27 heavy (non-hydrogen) atoms. The number of imide groups is 2. The number of carbonyl (C=O) groups is 3. The van der Waals surface area contributed by atoms with E-state index in [1.807, 2.05) is 6.07 Å². The van der Waals surface area contributed by atoms with Crippen LogP contribution >= 0.6 is 0 Å². The number of nitrogens with zero attached hydrogens (tertiary/aromatic N) is 3. The van der Waals surface area contributed by atoms with E-state index in [0.717, 1.165) is 30.8 Å². The number of hydrogen-bond acceptors (Lipinski definition) is 6. The molecule has 2 aliphatic heterocycles. The van der Waals surface area contributed by atoms with Crippen LogP contribution in [-0.4, -0.2) is 35.9 Å². The Morgan fingerprint density at radius 2 is 1.89 bits per heavy atom. The van der Waals surface area contributed by atoms with Crippen molar-refractivity contribution in [1.29, 1.82) is 0 Å². The van der Waals surface area contributed by atoms with Crippen molar-refractivity contribution in [2.75, 3.05) is 22.9 Å². The normalized spacial score (nSPS) is 19.6. The van der Waals surface area contributed by atoms with Gasteiger partial charge in [-0.05, 0) is 43.5 Å². The molecule has 0 radical (unpaired) electrons. The van der Waals surface area contributed by atoms with Crippen LogP contribution in [-0.2, 0) is 9.59 Å². The van der Waals surface area contributed by atoms with Crippen LogP contribution in [0.1, 0.15) is 25.0 Å². The molecule has 2 aliphatic rings. The van der Waals surface area contributed by atoms with Crippen LogP contribution in [0.5, 0.6) is 0 Å². The first-order valence-electron chi connectivity index (χ1n) is 8.80. The highest BCUT2D eigenvalue weighted by atomic mass is 16.4. The van der Waals surface area contributed by atoms with Crippen molar-refractivity contribution in [2.45, 2.75) is 19.3 Å². The quantitative estimate of drug-likeness (QED) is 0.662. The lowest BCUT2D eigenvalue weighted by molar-refractivity contribution is -0.122. The number of barbiturate groups is 1. The number of urea groups is 1. The number of piperidine rings is 1. The van der Waals surface area contributed by atoms with Crippen LogP contribution in [0.15, 0.2) is 46.6 Å². The third-order valence-corrected chi connectivity index (χ3v) is 4.57. The van der Waals surface area contributed by atoms with Gasteiger partial charge in [-0.3, -0.25) is 19.9 Å². The zero-order valence-corrected chi connectivity index (χ0v) is 14.6. The molecule has 0 atom stereocenters. The number of aromatic nitrogens is 1. The van der Waals surface area contributed by atoms with E-state index in [0.29, 0.717) is 11.6 Å². The Hall–Kier alpha value is -3.42. The maximum Gasteiger partial charge on any atom is 0.336 e. The lowest BCUT2D eigenvalue weighted by atomic mass is 10.1. The summed E-state index contributed by atoms with van der Waals surface area (Å²) < 4.78 is 5.79. The molecule has 0 aromatic carbocycles. The van der Waals surface area contributed by atoms with E-state index in [-0.39, 0.29) is 11.3 Å². The average Bonchev–Trinajstić information content (AvgIpc) is 3.15. The van der Waals surface area contributed by atoms with Gasteiger partial charge in [-0.15, -0.1) is 0 Å². The van der Waals surface area contributed by atoms with Crippen molar-refractivity contribution in [3.05, 3.63) is 48.0 Å². The van der Waals surface area contributed by atoms with Crippen molar-refractivity contribution in [3.63, 3.8) is 0 Å². The molecule has 1 N–H and O–H groups in total. The van der Waals surface area contributed by atoms with Crippen molar-refractivity contribution in [3.8, 4) is 0 Å². The number of carbonyl (C=O) groups excluding carboxylic acids is 3. The van der Waals surface area contributed by atoms with Crippen LogP contribution in [0, 0.1) is 0 Å². The molecule has 2 saturated heterocycles. The standard InChI is InChI=1S/C19H18N4O4/c24-17-15(11-14-6-7-16(27-14)22-9-2-1-3-10-22)18(25)23(19(26)21-17)13-5-4-8-20-12-13/h4-8,11-12H,1-3,9-10H2,(H,21,24,26)/b15-11+. The molecule has 4 heterocycles. The molecule has 4 amide bonds. The van der Waals surface area contributed by atoms with Crippen LogP contribution in [0.4, 0.5) is 16.4 Å². The van der Waals surface area contributed by atoms with Crippen molar-refractivity contribution >= 4 is 35.5 Å². The van der Waals surface area contributed by atoms with Gasteiger partial charge in [0.15, 0.2) is 5.88 Å². The highest BCUT2D eigenvalue weighted by Gasteiger charge is 2.37. The van der Waals surface area contributed by atoms with Gasteiger partial charge in [0.1, 0.15) is 11.3 Å². The largest absolute Gasteiger partial charge is 0.441 e. The van der Waals surface area contributed by atoms with Crippen LogP contribution in [0.2, 0.25) is 0 Å². The van der Waals surface area contributed by atoms with Gasteiger partial charge in [-0.2, -0.15) is 0 Å². The smallest absolute Gasteiger partial charge is 0.336 e. The van der Waals surface area contributed by atoms with Gasteiger partial charge in [-0.25, -0.2) is 9.69 Å². The highest BCUT2D eigenvalue weighted by Crippen LogP contribution is 2.25. The zero-order chi connectivity index (χ0) is 18.8. The Morgan fingerprint density at radius 3 is 2.63 bits per heavy atom. The fourth-order valence-corrected chi connectivity index (χ4v) is 3.22. The summed E-state index contributed by atoms with van der Waals surface area (Å²) in [5.74, 6) is -0.367. The van der Waals surface area contributed by atoms with Gasteiger partial charge in [0.25, 0.3) is 11.8 Å². The van der Waals surface area contributed by atoms with Crippen molar-refractivity contribution in [1.82, 2.24) is 10.3 Å². The predicted octanol–water partition coefficient (Wildman–Crippen LogP) is 2.33. The molecule has 4 rings (SSSR count). The summed E-state index contributed by atoms with van der Waals surface area (Å²) in [6.45, 7) is 1.85. The minimum absolute atomic E-state index is 0.169. The minimum atomic E-state index is -0.802. The monoisotopic (exact) mass is 366 g/mol. The van der Waals surface area contributed by atoms with Crippen LogP contribution in [0.25, 0.3) is 6.08 Å². The number of hydrogen-bond donors (Lipinski definition) is 1. The lowest BCUT2D eigenvalue weighted by Crippen LogP contribution is -2.54.